The maximum absolute atomic E-state index is 2.77. The summed E-state index contributed by atoms with van der Waals surface area (Å²) in [6.45, 7) is 2.19. The normalized spacial score (nSPS) is 10.7. The maximum atomic E-state index is 2.77. The molecule has 0 amide bonds. The molecule has 0 aliphatic heterocycles. The van der Waals surface area contributed by atoms with Crippen molar-refractivity contribution in [2.45, 2.75) is 13.1 Å². The van der Waals surface area contributed by atoms with Crippen molar-refractivity contribution >= 4 is 23.8 Å². The summed E-state index contributed by atoms with van der Waals surface area (Å²) < 4.78 is 0. The van der Waals surface area contributed by atoms with Gasteiger partial charge in [0.15, 0.2) is 0 Å². The number of hydrogen-bond acceptors (Lipinski definition) is 0. The highest BCUT2D eigenvalue weighted by atomic mass is 31.0. The Bertz CT molecular complexity index is 772. The number of hydrogen-bond donors (Lipinski definition) is 0. The standard InChI is InChI=1S/C20H20P2/c1-14-12-18(16-4-2-15(13-21)3-5-16)8-11-20(14)17-6-9-19(22)10-7-17/h2-12H,13,21-22H2,1H3. The molecule has 3 aromatic carbocycles. The van der Waals surface area contributed by atoms with Crippen LogP contribution in [0.5, 0.6) is 0 Å². The van der Waals surface area contributed by atoms with E-state index in [0.717, 1.165) is 6.16 Å². The molecule has 0 saturated carbocycles. The predicted octanol–water partition coefficient (Wildman–Crippen LogP) is 5.20. The highest BCUT2D eigenvalue weighted by Crippen LogP contribution is 2.28. The fraction of sp³-hybridized carbons (Fsp3) is 0.100. The second-order valence-corrected chi connectivity index (χ2v) is 6.63. The Hall–Kier alpha value is -1.48. The maximum Gasteiger partial charge on any atom is -0.0128 e. The molecule has 0 aromatic heterocycles. The van der Waals surface area contributed by atoms with Gasteiger partial charge in [-0.3, -0.25) is 0 Å². The van der Waals surface area contributed by atoms with E-state index in [1.54, 1.807) is 0 Å². The first-order chi connectivity index (χ1) is 10.7. The van der Waals surface area contributed by atoms with Crippen LogP contribution in [0.15, 0.2) is 66.7 Å². The van der Waals surface area contributed by atoms with Crippen LogP contribution in [0.1, 0.15) is 11.1 Å². The van der Waals surface area contributed by atoms with E-state index in [1.807, 2.05) is 0 Å². The Kier molecular flexibility index (Phi) is 4.72. The van der Waals surface area contributed by atoms with Crippen LogP contribution in [0, 0.1) is 6.92 Å². The van der Waals surface area contributed by atoms with Gasteiger partial charge in [0.05, 0.1) is 0 Å². The second kappa shape index (κ2) is 6.74. The summed E-state index contributed by atoms with van der Waals surface area (Å²) in [4.78, 5) is 0. The molecule has 0 saturated heterocycles. The number of aryl methyl sites for hydroxylation is 1. The molecule has 0 N–H and O–H groups in total. The number of rotatable bonds is 3. The van der Waals surface area contributed by atoms with E-state index in [0.29, 0.717) is 0 Å². The van der Waals surface area contributed by atoms with Gasteiger partial charge < -0.3 is 0 Å². The highest BCUT2D eigenvalue weighted by molar-refractivity contribution is 7.27. The van der Waals surface area contributed by atoms with Crippen LogP contribution >= 0.6 is 18.5 Å². The lowest BCUT2D eigenvalue weighted by Gasteiger charge is -2.10. The first-order valence-electron chi connectivity index (χ1n) is 7.43. The van der Waals surface area contributed by atoms with Gasteiger partial charge in [-0.25, -0.2) is 0 Å². The van der Waals surface area contributed by atoms with Crippen LogP contribution < -0.4 is 5.30 Å². The third-order valence-electron chi connectivity index (χ3n) is 3.97. The van der Waals surface area contributed by atoms with Crippen molar-refractivity contribution in [2.75, 3.05) is 0 Å². The van der Waals surface area contributed by atoms with Gasteiger partial charge in [0, 0.05) is 0 Å². The minimum absolute atomic E-state index is 1.00. The van der Waals surface area contributed by atoms with E-state index < -0.39 is 0 Å². The van der Waals surface area contributed by atoms with Crippen LogP contribution in [0.25, 0.3) is 22.3 Å². The van der Waals surface area contributed by atoms with Crippen LogP contribution in [-0.2, 0) is 6.16 Å². The molecule has 0 spiro atoms. The number of benzene rings is 3. The van der Waals surface area contributed by atoms with Crippen molar-refractivity contribution in [1.29, 1.82) is 0 Å². The SMILES string of the molecule is Cc1cc(-c2ccc(CP)cc2)ccc1-c1ccc(P)cc1. The molecular formula is C20H20P2. The lowest BCUT2D eigenvalue weighted by molar-refractivity contribution is 1.41. The monoisotopic (exact) mass is 322 g/mol. The molecule has 2 atom stereocenters. The summed E-state index contributed by atoms with van der Waals surface area (Å²) in [5, 5.41) is 1.22. The van der Waals surface area contributed by atoms with E-state index >= 15 is 0 Å². The van der Waals surface area contributed by atoms with Gasteiger partial charge >= 0.3 is 0 Å². The molecule has 22 heavy (non-hydrogen) atoms. The molecule has 0 nitrogen and oxygen atoms in total. The highest BCUT2D eigenvalue weighted by Gasteiger charge is 2.04. The van der Waals surface area contributed by atoms with Gasteiger partial charge in [0.25, 0.3) is 0 Å². The predicted molar refractivity (Wildman–Crippen MR) is 105 cm³/mol. The van der Waals surface area contributed by atoms with Gasteiger partial charge in [-0.2, -0.15) is 0 Å². The van der Waals surface area contributed by atoms with Crippen LogP contribution in [0.3, 0.4) is 0 Å². The Morgan fingerprint density at radius 2 is 1.32 bits per heavy atom. The summed E-state index contributed by atoms with van der Waals surface area (Å²) in [5.41, 5.74) is 7.78. The Morgan fingerprint density at radius 3 is 1.91 bits per heavy atom. The van der Waals surface area contributed by atoms with E-state index in [4.69, 9.17) is 0 Å². The van der Waals surface area contributed by atoms with E-state index in [2.05, 4.69) is 92.1 Å². The summed E-state index contributed by atoms with van der Waals surface area (Å²) in [6.07, 6.45) is 1.00. The van der Waals surface area contributed by atoms with Gasteiger partial charge in [-0.05, 0) is 51.8 Å². The van der Waals surface area contributed by atoms with E-state index in [-0.39, 0.29) is 0 Å². The topological polar surface area (TPSA) is 0 Å². The first-order valence-corrected chi connectivity index (χ1v) is 8.83. The molecular weight excluding hydrogens is 302 g/mol. The largest absolute Gasteiger partial charge is 0.133 e. The van der Waals surface area contributed by atoms with Gasteiger partial charge in [-0.1, -0.05) is 66.7 Å². The molecule has 0 fully saturated rings. The van der Waals surface area contributed by atoms with Crippen molar-refractivity contribution in [2.24, 2.45) is 0 Å². The van der Waals surface area contributed by atoms with E-state index in [1.165, 1.54) is 38.7 Å². The van der Waals surface area contributed by atoms with Crippen molar-refractivity contribution in [1.82, 2.24) is 0 Å². The van der Waals surface area contributed by atoms with Crippen molar-refractivity contribution in [3.05, 3.63) is 77.9 Å². The molecule has 0 aliphatic rings. The molecule has 0 heterocycles. The van der Waals surface area contributed by atoms with E-state index in [9.17, 15) is 0 Å². The molecule has 3 aromatic rings. The minimum Gasteiger partial charge on any atom is -0.133 e. The Labute approximate surface area is 137 Å². The molecule has 110 valence electrons. The van der Waals surface area contributed by atoms with Gasteiger partial charge in [0.2, 0.25) is 0 Å². The minimum atomic E-state index is 1.00. The third kappa shape index (κ3) is 3.30. The summed E-state index contributed by atoms with van der Waals surface area (Å²) in [7, 11) is 5.50. The Balaban J connectivity index is 1.96. The zero-order valence-corrected chi connectivity index (χ0v) is 15.0. The zero-order chi connectivity index (χ0) is 15.5. The van der Waals surface area contributed by atoms with Gasteiger partial charge in [-0.15, -0.1) is 18.5 Å². The summed E-state index contributed by atoms with van der Waals surface area (Å²) in [5.74, 6) is 0. The van der Waals surface area contributed by atoms with Gasteiger partial charge in [0.1, 0.15) is 0 Å². The molecule has 3 rings (SSSR count). The fourth-order valence-electron chi connectivity index (χ4n) is 2.66. The van der Waals surface area contributed by atoms with Crippen molar-refractivity contribution in [3.8, 4) is 22.3 Å². The molecule has 0 aliphatic carbocycles. The first kappa shape index (κ1) is 15.4. The third-order valence-corrected chi connectivity index (χ3v) is 4.83. The average Bonchev–Trinajstić information content (AvgIpc) is 2.56. The average molecular weight is 322 g/mol. The van der Waals surface area contributed by atoms with Crippen molar-refractivity contribution < 1.29 is 0 Å². The zero-order valence-electron chi connectivity index (χ0n) is 12.7. The quantitative estimate of drug-likeness (QED) is 0.581. The molecule has 0 radical (unpaired) electrons. The fourth-order valence-corrected chi connectivity index (χ4v) is 3.13. The lowest BCUT2D eigenvalue weighted by atomic mass is 9.95. The summed E-state index contributed by atoms with van der Waals surface area (Å²) >= 11 is 0. The second-order valence-electron chi connectivity index (χ2n) is 5.55. The molecule has 2 unspecified atom stereocenters. The summed E-state index contributed by atoms with van der Waals surface area (Å²) in [6, 6.07) is 24.2. The van der Waals surface area contributed by atoms with Crippen molar-refractivity contribution in [3.63, 3.8) is 0 Å². The van der Waals surface area contributed by atoms with Crippen LogP contribution in [0.4, 0.5) is 0 Å². The molecule has 0 bridgehead atoms. The lowest BCUT2D eigenvalue weighted by Crippen LogP contribution is -1.90. The molecule has 2 heteroatoms. The van der Waals surface area contributed by atoms with Crippen LogP contribution in [0.2, 0.25) is 0 Å². The van der Waals surface area contributed by atoms with Crippen LogP contribution in [-0.4, -0.2) is 0 Å². The Morgan fingerprint density at radius 1 is 0.727 bits per heavy atom. The smallest absolute Gasteiger partial charge is 0.0128 e.